The molecule has 1 aliphatic rings. The monoisotopic (exact) mass is 271 g/mol. The van der Waals surface area contributed by atoms with Gasteiger partial charge in [-0.1, -0.05) is 13.0 Å². The van der Waals surface area contributed by atoms with Gasteiger partial charge in [-0.05, 0) is 53.4 Å². The van der Waals surface area contributed by atoms with Crippen LogP contribution in [0, 0.1) is 5.82 Å². The van der Waals surface area contributed by atoms with Gasteiger partial charge in [0.25, 0.3) is 0 Å². The summed E-state index contributed by atoms with van der Waals surface area (Å²) in [6.07, 6.45) is 3.12. The number of rotatable bonds is 2. The minimum Gasteiger partial charge on any atom is -0.310 e. The van der Waals surface area contributed by atoms with Gasteiger partial charge in [-0.15, -0.1) is 0 Å². The number of aryl methyl sites for hydroxylation is 1. The highest BCUT2D eigenvalue weighted by Gasteiger charge is 2.21. The largest absolute Gasteiger partial charge is 0.310 e. The molecule has 0 saturated carbocycles. The number of benzene rings is 1. The van der Waals surface area contributed by atoms with E-state index >= 15 is 0 Å². The maximum atomic E-state index is 13.9. The van der Waals surface area contributed by atoms with E-state index < -0.39 is 0 Å². The number of nitrogens with one attached hydrogen (secondary N) is 1. The molecule has 0 aromatic heterocycles. The van der Waals surface area contributed by atoms with Gasteiger partial charge in [0.1, 0.15) is 5.82 Å². The minimum absolute atomic E-state index is 0.105. The molecule has 1 nitrogen and oxygen atoms in total. The van der Waals surface area contributed by atoms with Crippen LogP contribution in [0.25, 0.3) is 0 Å². The molecule has 1 N–H and O–H groups in total. The number of hydrogen-bond acceptors (Lipinski definition) is 1. The van der Waals surface area contributed by atoms with Crippen LogP contribution in [0.2, 0.25) is 0 Å². The minimum atomic E-state index is -0.105. The van der Waals surface area contributed by atoms with Crippen molar-refractivity contribution >= 4 is 15.9 Å². The highest BCUT2D eigenvalue weighted by Crippen LogP contribution is 2.30. The van der Waals surface area contributed by atoms with Gasteiger partial charge in [-0.25, -0.2) is 4.39 Å². The summed E-state index contributed by atoms with van der Waals surface area (Å²) in [7, 11) is 0. The van der Waals surface area contributed by atoms with Crippen molar-refractivity contribution in [1.29, 1.82) is 0 Å². The Morgan fingerprint density at radius 3 is 2.93 bits per heavy atom. The van der Waals surface area contributed by atoms with Crippen molar-refractivity contribution in [1.82, 2.24) is 5.32 Å². The zero-order valence-corrected chi connectivity index (χ0v) is 10.4. The Balaban J connectivity index is 2.39. The molecule has 1 heterocycles. The summed E-state index contributed by atoms with van der Waals surface area (Å²) in [6, 6.07) is 4.06. The van der Waals surface area contributed by atoms with E-state index in [0.717, 1.165) is 31.4 Å². The molecule has 0 aliphatic carbocycles. The van der Waals surface area contributed by atoms with Crippen LogP contribution in [-0.2, 0) is 6.42 Å². The normalized spacial score (nSPS) is 20.9. The first-order valence-electron chi connectivity index (χ1n) is 5.43. The lowest BCUT2D eigenvalue weighted by atomic mass is 10.0. The van der Waals surface area contributed by atoms with Crippen molar-refractivity contribution in [3.63, 3.8) is 0 Å². The van der Waals surface area contributed by atoms with Crippen molar-refractivity contribution in [3.8, 4) is 0 Å². The maximum absolute atomic E-state index is 13.9. The zero-order valence-electron chi connectivity index (χ0n) is 8.82. The van der Waals surface area contributed by atoms with Crippen molar-refractivity contribution in [2.45, 2.75) is 32.2 Å². The van der Waals surface area contributed by atoms with E-state index in [4.69, 9.17) is 0 Å². The van der Waals surface area contributed by atoms with Crippen molar-refractivity contribution < 1.29 is 4.39 Å². The Morgan fingerprint density at radius 2 is 2.33 bits per heavy atom. The van der Waals surface area contributed by atoms with E-state index in [-0.39, 0.29) is 11.9 Å². The standard InChI is InChI=1S/C12H15BrFN/c1-2-8-6-9(11-4-3-5-15-11)12(14)10(13)7-8/h6-7,11,15H,2-5H2,1H3. The predicted molar refractivity (Wildman–Crippen MR) is 63.5 cm³/mol. The molecule has 1 saturated heterocycles. The molecule has 0 amide bonds. The molecular formula is C12H15BrFN. The molecular weight excluding hydrogens is 257 g/mol. The first-order chi connectivity index (χ1) is 7.22. The first-order valence-corrected chi connectivity index (χ1v) is 6.23. The second kappa shape index (κ2) is 4.62. The number of halogens is 2. The molecule has 3 heteroatoms. The van der Waals surface area contributed by atoms with Gasteiger partial charge in [0.05, 0.1) is 4.47 Å². The van der Waals surface area contributed by atoms with E-state index in [0.29, 0.717) is 4.47 Å². The third kappa shape index (κ3) is 2.23. The van der Waals surface area contributed by atoms with Crippen molar-refractivity contribution in [2.75, 3.05) is 6.54 Å². The van der Waals surface area contributed by atoms with Gasteiger partial charge in [-0.2, -0.15) is 0 Å². The second-order valence-electron chi connectivity index (χ2n) is 3.98. The van der Waals surface area contributed by atoms with Crippen LogP contribution in [0.4, 0.5) is 4.39 Å². The average molecular weight is 272 g/mol. The van der Waals surface area contributed by atoms with Crippen LogP contribution in [0.1, 0.15) is 36.9 Å². The van der Waals surface area contributed by atoms with Crippen molar-refractivity contribution in [3.05, 3.63) is 33.5 Å². The summed E-state index contributed by atoms with van der Waals surface area (Å²) in [5, 5.41) is 3.33. The van der Waals surface area contributed by atoms with Crippen molar-refractivity contribution in [2.24, 2.45) is 0 Å². The summed E-state index contributed by atoms with van der Waals surface area (Å²) in [6.45, 7) is 3.09. The average Bonchev–Trinajstić information content (AvgIpc) is 2.75. The zero-order chi connectivity index (χ0) is 10.8. The summed E-state index contributed by atoms with van der Waals surface area (Å²) in [5.41, 5.74) is 2.01. The molecule has 1 atom stereocenters. The van der Waals surface area contributed by atoms with Crippen LogP contribution in [0.3, 0.4) is 0 Å². The quantitative estimate of drug-likeness (QED) is 0.867. The molecule has 0 spiro atoms. The van der Waals surface area contributed by atoms with E-state index in [1.54, 1.807) is 0 Å². The van der Waals surface area contributed by atoms with Crippen LogP contribution in [0.5, 0.6) is 0 Å². The fourth-order valence-corrected chi connectivity index (χ4v) is 2.60. The van der Waals surface area contributed by atoms with E-state index in [1.807, 2.05) is 12.1 Å². The van der Waals surface area contributed by atoms with Crippen LogP contribution < -0.4 is 5.32 Å². The topological polar surface area (TPSA) is 12.0 Å². The number of hydrogen-bond donors (Lipinski definition) is 1. The van der Waals surface area contributed by atoms with Crippen LogP contribution in [-0.4, -0.2) is 6.54 Å². The SMILES string of the molecule is CCc1cc(Br)c(F)c(C2CCCN2)c1. The summed E-state index contributed by atoms with van der Waals surface area (Å²) in [5.74, 6) is -0.105. The van der Waals surface area contributed by atoms with Gasteiger partial charge in [-0.3, -0.25) is 0 Å². The Kier molecular flexibility index (Phi) is 3.42. The van der Waals surface area contributed by atoms with Crippen LogP contribution in [0.15, 0.2) is 16.6 Å². The van der Waals surface area contributed by atoms with E-state index in [1.165, 1.54) is 5.56 Å². The molecule has 1 fully saturated rings. The highest BCUT2D eigenvalue weighted by atomic mass is 79.9. The Hall–Kier alpha value is -0.410. The summed E-state index contributed by atoms with van der Waals surface area (Å²) >= 11 is 3.28. The fourth-order valence-electron chi connectivity index (χ4n) is 2.08. The smallest absolute Gasteiger partial charge is 0.142 e. The van der Waals surface area contributed by atoms with Gasteiger partial charge in [0, 0.05) is 11.6 Å². The lowest BCUT2D eigenvalue weighted by Gasteiger charge is -2.14. The Bertz CT molecular complexity index is 359. The highest BCUT2D eigenvalue weighted by molar-refractivity contribution is 9.10. The van der Waals surface area contributed by atoms with Gasteiger partial charge in [0.15, 0.2) is 0 Å². The lowest BCUT2D eigenvalue weighted by molar-refractivity contribution is 0.553. The Labute approximate surface area is 98.2 Å². The Morgan fingerprint density at radius 1 is 1.53 bits per heavy atom. The van der Waals surface area contributed by atoms with Gasteiger partial charge in [0.2, 0.25) is 0 Å². The third-order valence-corrected chi connectivity index (χ3v) is 3.54. The predicted octanol–water partition coefficient (Wildman–Crippen LogP) is 3.58. The first kappa shape index (κ1) is 11.1. The molecule has 1 aromatic carbocycles. The lowest BCUT2D eigenvalue weighted by Crippen LogP contribution is -2.14. The molecule has 1 aliphatic heterocycles. The molecule has 82 valence electrons. The summed E-state index contributed by atoms with van der Waals surface area (Å²) in [4.78, 5) is 0. The van der Waals surface area contributed by atoms with Gasteiger partial charge >= 0.3 is 0 Å². The molecule has 1 aromatic rings. The maximum Gasteiger partial charge on any atom is 0.142 e. The van der Waals surface area contributed by atoms with Crippen LogP contribution >= 0.6 is 15.9 Å². The molecule has 15 heavy (non-hydrogen) atoms. The second-order valence-corrected chi connectivity index (χ2v) is 4.84. The van der Waals surface area contributed by atoms with Gasteiger partial charge < -0.3 is 5.32 Å². The molecule has 0 radical (unpaired) electrons. The van der Waals surface area contributed by atoms with E-state index in [9.17, 15) is 4.39 Å². The molecule has 0 bridgehead atoms. The summed E-state index contributed by atoms with van der Waals surface area (Å²) < 4.78 is 14.5. The molecule has 1 unspecified atom stereocenters. The third-order valence-electron chi connectivity index (χ3n) is 2.96. The molecule has 2 rings (SSSR count). The van der Waals surface area contributed by atoms with E-state index in [2.05, 4.69) is 28.2 Å². The fraction of sp³-hybridized carbons (Fsp3) is 0.500.